The summed E-state index contributed by atoms with van der Waals surface area (Å²) >= 11 is 0. The lowest BCUT2D eigenvalue weighted by molar-refractivity contribution is -0.144. The molecule has 18 heavy (non-hydrogen) atoms. The molecule has 1 aliphatic rings. The number of carbonyl (C=O) groups excluding carboxylic acids is 1. The van der Waals surface area contributed by atoms with E-state index in [4.69, 9.17) is 9.47 Å². The largest absolute Gasteiger partial charge is 0.379 e. The van der Waals surface area contributed by atoms with Crippen LogP contribution < -0.4 is 5.32 Å². The van der Waals surface area contributed by atoms with Crippen LogP contribution in [0.5, 0.6) is 0 Å². The van der Waals surface area contributed by atoms with E-state index in [0.717, 1.165) is 19.5 Å². The van der Waals surface area contributed by atoms with Gasteiger partial charge >= 0.3 is 0 Å². The minimum Gasteiger partial charge on any atom is -0.379 e. The molecule has 2 atom stereocenters. The van der Waals surface area contributed by atoms with E-state index in [9.17, 15) is 4.79 Å². The number of hydrogen-bond donors (Lipinski definition) is 1. The fraction of sp³-hybridized carbons (Fsp3) is 0.917. The molecule has 0 aromatic rings. The van der Waals surface area contributed by atoms with Gasteiger partial charge in [0.2, 0.25) is 0 Å². The van der Waals surface area contributed by atoms with Gasteiger partial charge < -0.3 is 19.7 Å². The highest BCUT2D eigenvalue weighted by Crippen LogP contribution is 2.09. The van der Waals surface area contributed by atoms with E-state index in [2.05, 4.69) is 5.32 Å². The number of hydrogen-bond acceptors (Lipinski definition) is 4. The van der Waals surface area contributed by atoms with E-state index < -0.39 is 0 Å². The maximum absolute atomic E-state index is 12.0. The molecular weight excluding hydrogens is 256 g/mol. The van der Waals surface area contributed by atoms with Gasteiger partial charge in [-0.05, 0) is 26.8 Å². The van der Waals surface area contributed by atoms with Crippen LogP contribution in [0.1, 0.15) is 20.3 Å². The van der Waals surface area contributed by atoms with Gasteiger partial charge in [-0.1, -0.05) is 0 Å². The lowest BCUT2D eigenvalue weighted by atomic mass is 10.2. The first-order chi connectivity index (χ1) is 8.16. The SMILES string of the molecule is CCOCCOC(C)C(=O)N(C)C1CCNC1.Cl. The van der Waals surface area contributed by atoms with E-state index in [1.54, 1.807) is 11.8 Å². The Morgan fingerprint density at radius 1 is 1.50 bits per heavy atom. The first kappa shape index (κ1) is 17.6. The Kier molecular flexibility index (Phi) is 9.36. The Morgan fingerprint density at radius 3 is 2.78 bits per heavy atom. The molecule has 0 aromatic heterocycles. The fourth-order valence-electron chi connectivity index (χ4n) is 1.94. The average Bonchev–Trinajstić information content (AvgIpc) is 2.86. The van der Waals surface area contributed by atoms with Gasteiger partial charge in [-0.3, -0.25) is 4.79 Å². The highest BCUT2D eigenvalue weighted by Gasteiger charge is 2.26. The van der Waals surface area contributed by atoms with Crippen LogP contribution in [0.15, 0.2) is 0 Å². The molecule has 108 valence electrons. The van der Waals surface area contributed by atoms with Gasteiger partial charge in [-0.2, -0.15) is 0 Å². The second-order valence-corrected chi connectivity index (χ2v) is 4.31. The molecule has 0 radical (unpaired) electrons. The Labute approximate surface area is 116 Å². The molecule has 1 heterocycles. The zero-order chi connectivity index (χ0) is 12.7. The monoisotopic (exact) mass is 280 g/mol. The van der Waals surface area contributed by atoms with Crippen molar-refractivity contribution in [2.75, 3.05) is 40.0 Å². The van der Waals surface area contributed by atoms with Crippen LogP contribution in [-0.4, -0.2) is 62.9 Å². The quantitative estimate of drug-likeness (QED) is 0.697. The van der Waals surface area contributed by atoms with Crippen molar-refractivity contribution in [2.24, 2.45) is 0 Å². The van der Waals surface area contributed by atoms with Crippen molar-refractivity contribution < 1.29 is 14.3 Å². The van der Waals surface area contributed by atoms with Crippen LogP contribution in [0.3, 0.4) is 0 Å². The van der Waals surface area contributed by atoms with Crippen LogP contribution in [-0.2, 0) is 14.3 Å². The third-order valence-electron chi connectivity index (χ3n) is 3.08. The molecule has 1 amide bonds. The smallest absolute Gasteiger partial charge is 0.251 e. The number of ether oxygens (including phenoxy) is 2. The summed E-state index contributed by atoms with van der Waals surface area (Å²) in [5.74, 6) is 0.0511. The molecule has 1 fully saturated rings. The van der Waals surface area contributed by atoms with E-state index >= 15 is 0 Å². The molecule has 2 unspecified atom stereocenters. The molecule has 0 spiro atoms. The third-order valence-corrected chi connectivity index (χ3v) is 3.08. The Balaban J connectivity index is 0.00000289. The van der Waals surface area contributed by atoms with Crippen LogP contribution >= 0.6 is 12.4 Å². The molecule has 0 saturated carbocycles. The van der Waals surface area contributed by atoms with E-state index in [1.165, 1.54) is 0 Å². The zero-order valence-corrected chi connectivity index (χ0v) is 12.3. The first-order valence-electron chi connectivity index (χ1n) is 6.33. The van der Waals surface area contributed by atoms with E-state index in [1.807, 2.05) is 14.0 Å². The van der Waals surface area contributed by atoms with Crippen LogP contribution in [0.2, 0.25) is 0 Å². The summed E-state index contributed by atoms with van der Waals surface area (Å²) < 4.78 is 10.6. The first-order valence-corrected chi connectivity index (χ1v) is 6.33. The van der Waals surface area contributed by atoms with E-state index in [0.29, 0.717) is 25.9 Å². The van der Waals surface area contributed by atoms with Crippen molar-refractivity contribution in [2.45, 2.75) is 32.4 Å². The van der Waals surface area contributed by atoms with Crippen LogP contribution in [0.4, 0.5) is 0 Å². The van der Waals surface area contributed by atoms with Gasteiger partial charge in [0.15, 0.2) is 0 Å². The third kappa shape index (κ3) is 5.52. The minimum atomic E-state index is -0.388. The summed E-state index contributed by atoms with van der Waals surface area (Å²) in [5.41, 5.74) is 0. The summed E-state index contributed by atoms with van der Waals surface area (Å²) in [5, 5.41) is 3.25. The standard InChI is InChI=1S/C12H24N2O3.ClH/c1-4-16-7-8-17-10(2)12(15)14(3)11-5-6-13-9-11;/h10-11,13H,4-9H2,1-3H3;1H. The second-order valence-electron chi connectivity index (χ2n) is 4.31. The predicted octanol–water partition coefficient (Wildman–Crippen LogP) is 0.670. The van der Waals surface area contributed by atoms with Crippen LogP contribution in [0.25, 0.3) is 0 Å². The minimum absolute atomic E-state index is 0. The number of rotatable bonds is 7. The summed E-state index contributed by atoms with van der Waals surface area (Å²) in [7, 11) is 1.85. The Bertz CT molecular complexity index is 235. The van der Waals surface area contributed by atoms with Crippen molar-refractivity contribution >= 4 is 18.3 Å². The van der Waals surface area contributed by atoms with Gasteiger partial charge in [-0.15, -0.1) is 12.4 Å². The molecule has 1 saturated heterocycles. The normalized spacial score (nSPS) is 20.3. The summed E-state index contributed by atoms with van der Waals surface area (Å²) in [6, 6.07) is 0.306. The van der Waals surface area contributed by atoms with Crippen LogP contribution in [0, 0.1) is 0 Å². The number of amides is 1. The van der Waals surface area contributed by atoms with Gasteiger partial charge in [0.25, 0.3) is 5.91 Å². The molecule has 5 nitrogen and oxygen atoms in total. The summed E-state index contributed by atoms with van der Waals surface area (Å²) in [6.45, 7) is 7.30. The van der Waals surface area contributed by atoms with Crippen molar-refractivity contribution in [3.05, 3.63) is 0 Å². The lowest BCUT2D eigenvalue weighted by Gasteiger charge is -2.26. The lowest BCUT2D eigenvalue weighted by Crippen LogP contribution is -2.44. The van der Waals surface area contributed by atoms with Gasteiger partial charge in [0, 0.05) is 26.2 Å². The number of likely N-dealkylation sites (N-methyl/N-ethyl adjacent to an activating group) is 1. The maximum Gasteiger partial charge on any atom is 0.251 e. The fourth-order valence-corrected chi connectivity index (χ4v) is 1.94. The number of halogens is 1. The van der Waals surface area contributed by atoms with Crippen molar-refractivity contribution in [1.82, 2.24) is 10.2 Å². The molecule has 0 bridgehead atoms. The molecule has 6 heteroatoms. The maximum atomic E-state index is 12.0. The average molecular weight is 281 g/mol. The molecule has 1 aliphatic heterocycles. The predicted molar refractivity (Wildman–Crippen MR) is 73.2 cm³/mol. The van der Waals surface area contributed by atoms with Crippen molar-refractivity contribution in [1.29, 1.82) is 0 Å². The summed E-state index contributed by atoms with van der Waals surface area (Å²) in [6.07, 6.45) is 0.634. The molecule has 0 aromatic carbocycles. The Morgan fingerprint density at radius 2 is 2.22 bits per heavy atom. The number of nitrogens with one attached hydrogen (secondary N) is 1. The highest BCUT2D eigenvalue weighted by atomic mass is 35.5. The summed E-state index contributed by atoms with van der Waals surface area (Å²) in [4.78, 5) is 13.8. The highest BCUT2D eigenvalue weighted by molar-refractivity contribution is 5.85. The molecule has 1 rings (SSSR count). The van der Waals surface area contributed by atoms with Crippen molar-refractivity contribution in [3.63, 3.8) is 0 Å². The van der Waals surface area contributed by atoms with Gasteiger partial charge in [-0.25, -0.2) is 0 Å². The van der Waals surface area contributed by atoms with Gasteiger partial charge in [0.05, 0.1) is 13.2 Å². The second kappa shape index (κ2) is 9.55. The molecular formula is C12H25ClN2O3. The van der Waals surface area contributed by atoms with Gasteiger partial charge in [0.1, 0.15) is 6.10 Å². The number of carbonyl (C=O) groups is 1. The molecule has 0 aliphatic carbocycles. The molecule has 1 N–H and O–H groups in total. The topological polar surface area (TPSA) is 50.8 Å². The number of nitrogens with zero attached hydrogens (tertiary/aromatic N) is 1. The zero-order valence-electron chi connectivity index (χ0n) is 11.5. The van der Waals surface area contributed by atoms with Crippen molar-refractivity contribution in [3.8, 4) is 0 Å². The van der Waals surface area contributed by atoms with E-state index in [-0.39, 0.29) is 24.4 Å². The Hall–Kier alpha value is -0.360.